The van der Waals surface area contributed by atoms with Crippen LogP contribution in [-0.4, -0.2) is 38.7 Å². The number of hydrogen-bond donors (Lipinski definition) is 2. The maximum Gasteiger partial charge on any atom is 0.255 e. The van der Waals surface area contributed by atoms with Gasteiger partial charge in [0.1, 0.15) is 12.4 Å². The number of nitrogens with one attached hydrogen (secondary N) is 1. The summed E-state index contributed by atoms with van der Waals surface area (Å²) in [5.74, 6) is 0.116. The maximum atomic E-state index is 12.4. The van der Waals surface area contributed by atoms with Gasteiger partial charge in [-0.05, 0) is 35.2 Å². The average Bonchev–Trinajstić information content (AvgIpc) is 2.69. The van der Waals surface area contributed by atoms with Crippen molar-refractivity contribution in [2.45, 2.75) is 26.2 Å². The van der Waals surface area contributed by atoms with Gasteiger partial charge in [-0.15, -0.1) is 0 Å². The largest absolute Gasteiger partial charge is 0.493 e. The Morgan fingerprint density at radius 2 is 1.77 bits per heavy atom. The first-order chi connectivity index (χ1) is 14.1. The molecule has 8 heteroatoms. The molecular formula is C22H27ClN2O5. The molecule has 2 amide bonds. The van der Waals surface area contributed by atoms with Crippen molar-refractivity contribution in [3.05, 3.63) is 52.5 Å². The van der Waals surface area contributed by atoms with E-state index in [1.807, 2.05) is 24.3 Å². The smallest absolute Gasteiger partial charge is 0.255 e. The monoisotopic (exact) mass is 434 g/mol. The van der Waals surface area contributed by atoms with E-state index in [0.717, 1.165) is 5.75 Å². The Morgan fingerprint density at radius 3 is 2.33 bits per heavy atom. The molecule has 3 N–H and O–H groups in total. The lowest BCUT2D eigenvalue weighted by Crippen LogP contribution is -2.28. The Bertz CT molecular complexity index is 892. The van der Waals surface area contributed by atoms with Crippen LogP contribution in [0.4, 0.5) is 0 Å². The predicted molar refractivity (Wildman–Crippen MR) is 116 cm³/mol. The van der Waals surface area contributed by atoms with Crippen molar-refractivity contribution in [2.75, 3.05) is 26.9 Å². The van der Waals surface area contributed by atoms with Gasteiger partial charge in [0.15, 0.2) is 18.1 Å². The Labute approximate surface area is 181 Å². The lowest BCUT2D eigenvalue weighted by Gasteiger charge is -2.19. The summed E-state index contributed by atoms with van der Waals surface area (Å²) in [6.45, 7) is 6.71. The highest BCUT2D eigenvalue weighted by atomic mass is 35.5. The van der Waals surface area contributed by atoms with Gasteiger partial charge in [0.05, 0.1) is 18.7 Å². The van der Waals surface area contributed by atoms with Gasteiger partial charge in [-0.3, -0.25) is 9.59 Å². The third kappa shape index (κ3) is 6.56. The fourth-order valence-corrected chi connectivity index (χ4v) is 2.89. The van der Waals surface area contributed by atoms with Gasteiger partial charge in [-0.25, -0.2) is 0 Å². The van der Waals surface area contributed by atoms with Crippen LogP contribution in [0.5, 0.6) is 17.2 Å². The zero-order valence-electron chi connectivity index (χ0n) is 17.6. The zero-order chi connectivity index (χ0) is 22.3. The molecule has 0 radical (unpaired) electrons. The van der Waals surface area contributed by atoms with Crippen molar-refractivity contribution in [1.82, 2.24) is 5.32 Å². The van der Waals surface area contributed by atoms with E-state index in [9.17, 15) is 9.59 Å². The second-order valence-corrected chi connectivity index (χ2v) is 8.03. The summed E-state index contributed by atoms with van der Waals surface area (Å²) < 4.78 is 16.1. The van der Waals surface area contributed by atoms with Crippen molar-refractivity contribution in [2.24, 2.45) is 5.73 Å². The number of hydrogen-bond acceptors (Lipinski definition) is 5. The minimum Gasteiger partial charge on any atom is -0.493 e. The topological polar surface area (TPSA) is 99.9 Å². The fraction of sp³-hybridized carbons (Fsp3) is 0.364. The summed E-state index contributed by atoms with van der Waals surface area (Å²) in [4.78, 5) is 23.3. The molecule has 30 heavy (non-hydrogen) atoms. The van der Waals surface area contributed by atoms with Gasteiger partial charge in [0.2, 0.25) is 0 Å². The van der Waals surface area contributed by atoms with Crippen molar-refractivity contribution in [1.29, 1.82) is 0 Å². The molecule has 0 aliphatic heterocycles. The number of nitrogens with two attached hydrogens (primary N) is 1. The zero-order valence-corrected chi connectivity index (χ0v) is 18.3. The SMILES string of the molecule is COc1cc(C(=O)NCCOc2ccc(C(C)(C)C)cc2)cc(Cl)c1OCC(N)=O. The van der Waals surface area contributed by atoms with E-state index < -0.39 is 5.91 Å². The Kier molecular flexibility index (Phi) is 7.94. The van der Waals surface area contributed by atoms with Crippen LogP contribution in [0.3, 0.4) is 0 Å². The first kappa shape index (κ1) is 23.3. The van der Waals surface area contributed by atoms with Crippen molar-refractivity contribution in [3.63, 3.8) is 0 Å². The van der Waals surface area contributed by atoms with Gasteiger partial charge in [-0.1, -0.05) is 44.5 Å². The number of benzene rings is 2. The summed E-state index contributed by atoms with van der Waals surface area (Å²) in [6.07, 6.45) is 0. The van der Waals surface area contributed by atoms with Gasteiger partial charge in [0.25, 0.3) is 11.8 Å². The number of amides is 2. The molecule has 0 saturated heterocycles. The van der Waals surface area contributed by atoms with Crippen LogP contribution >= 0.6 is 11.6 Å². The number of primary amides is 1. The number of halogens is 1. The number of methoxy groups -OCH3 is 1. The number of carbonyl (C=O) groups excluding carboxylic acids is 2. The molecule has 0 spiro atoms. The van der Waals surface area contributed by atoms with Crippen LogP contribution < -0.4 is 25.3 Å². The predicted octanol–water partition coefficient (Wildman–Crippen LogP) is 3.32. The molecule has 0 aliphatic rings. The third-order valence-corrected chi connectivity index (χ3v) is 4.51. The van der Waals surface area contributed by atoms with Crippen LogP contribution in [-0.2, 0) is 10.2 Å². The summed E-state index contributed by atoms with van der Waals surface area (Å²) >= 11 is 6.17. The van der Waals surface area contributed by atoms with Gasteiger partial charge >= 0.3 is 0 Å². The Balaban J connectivity index is 1.91. The van der Waals surface area contributed by atoms with Gasteiger partial charge < -0.3 is 25.3 Å². The van der Waals surface area contributed by atoms with Crippen LogP contribution in [0.2, 0.25) is 5.02 Å². The fourth-order valence-electron chi connectivity index (χ4n) is 2.62. The molecule has 2 aromatic rings. The summed E-state index contributed by atoms with van der Waals surface area (Å²) in [7, 11) is 1.41. The molecule has 0 aliphatic carbocycles. The highest BCUT2D eigenvalue weighted by Crippen LogP contribution is 2.36. The second kappa shape index (κ2) is 10.2. The molecule has 0 unspecified atom stereocenters. The van der Waals surface area contributed by atoms with E-state index in [2.05, 4.69) is 26.1 Å². The van der Waals surface area contributed by atoms with Crippen molar-refractivity contribution >= 4 is 23.4 Å². The normalized spacial score (nSPS) is 11.0. The van der Waals surface area contributed by atoms with Crippen LogP contribution in [0.1, 0.15) is 36.7 Å². The second-order valence-electron chi connectivity index (χ2n) is 7.62. The summed E-state index contributed by atoms with van der Waals surface area (Å²) in [5.41, 5.74) is 6.66. The lowest BCUT2D eigenvalue weighted by atomic mass is 9.87. The Morgan fingerprint density at radius 1 is 1.10 bits per heavy atom. The molecule has 0 aromatic heterocycles. The minimum absolute atomic E-state index is 0.0786. The van der Waals surface area contributed by atoms with Gasteiger partial charge in [0, 0.05) is 5.56 Å². The average molecular weight is 435 g/mol. The summed E-state index contributed by atoms with van der Waals surface area (Å²) in [6, 6.07) is 10.8. The number of ether oxygens (including phenoxy) is 3. The van der Waals surface area contributed by atoms with Gasteiger partial charge in [-0.2, -0.15) is 0 Å². The quantitative estimate of drug-likeness (QED) is 0.590. The van der Waals surface area contributed by atoms with Crippen molar-refractivity contribution < 1.29 is 23.8 Å². The first-order valence-corrected chi connectivity index (χ1v) is 9.80. The third-order valence-electron chi connectivity index (χ3n) is 4.23. The maximum absolute atomic E-state index is 12.4. The lowest BCUT2D eigenvalue weighted by molar-refractivity contribution is -0.119. The highest BCUT2D eigenvalue weighted by Gasteiger charge is 2.17. The molecule has 0 heterocycles. The molecule has 162 valence electrons. The van der Waals surface area contributed by atoms with E-state index in [1.54, 1.807) is 0 Å². The van der Waals surface area contributed by atoms with E-state index in [0.29, 0.717) is 13.2 Å². The van der Waals surface area contributed by atoms with E-state index in [-0.39, 0.29) is 40.0 Å². The molecular weight excluding hydrogens is 408 g/mol. The minimum atomic E-state index is -0.650. The van der Waals surface area contributed by atoms with E-state index in [4.69, 9.17) is 31.5 Å². The standard InChI is InChI=1S/C22H27ClN2O5/c1-22(2,3)15-5-7-16(8-6-15)29-10-9-25-21(27)14-11-17(23)20(18(12-14)28-4)30-13-19(24)26/h5-8,11-12H,9-10,13H2,1-4H3,(H2,24,26)(H,25,27). The molecule has 7 nitrogen and oxygen atoms in total. The summed E-state index contributed by atoms with van der Waals surface area (Å²) in [5, 5.41) is 2.90. The number of carbonyl (C=O) groups is 2. The van der Waals surface area contributed by atoms with Crippen LogP contribution in [0.15, 0.2) is 36.4 Å². The molecule has 2 rings (SSSR count). The van der Waals surface area contributed by atoms with Crippen LogP contribution in [0.25, 0.3) is 0 Å². The van der Waals surface area contributed by atoms with E-state index in [1.165, 1.54) is 24.8 Å². The Hall–Kier alpha value is -2.93. The van der Waals surface area contributed by atoms with Crippen LogP contribution in [0, 0.1) is 0 Å². The first-order valence-electron chi connectivity index (χ1n) is 9.42. The molecule has 0 atom stereocenters. The van der Waals surface area contributed by atoms with Crippen molar-refractivity contribution in [3.8, 4) is 17.2 Å². The molecule has 0 bridgehead atoms. The molecule has 0 saturated carbocycles. The number of rotatable bonds is 9. The molecule has 0 fully saturated rings. The highest BCUT2D eigenvalue weighted by molar-refractivity contribution is 6.32. The molecule has 2 aromatic carbocycles. The van der Waals surface area contributed by atoms with E-state index >= 15 is 0 Å².